The number of benzene rings is 2. The summed E-state index contributed by atoms with van der Waals surface area (Å²) < 4.78 is 0. The number of hydrogen-bond donors (Lipinski definition) is 0. The second-order valence-corrected chi connectivity index (χ2v) is 4.57. The third-order valence-electron chi connectivity index (χ3n) is 2.49. The van der Waals surface area contributed by atoms with Crippen LogP contribution in [0.4, 0.5) is 0 Å². The third kappa shape index (κ3) is 3.00. The van der Waals surface area contributed by atoms with Crippen LogP contribution in [0.2, 0.25) is 10.0 Å². The fourth-order valence-corrected chi connectivity index (χ4v) is 2.11. The van der Waals surface area contributed by atoms with E-state index in [0.29, 0.717) is 15.6 Å². The van der Waals surface area contributed by atoms with Gasteiger partial charge in [0.1, 0.15) is 6.29 Å². The van der Waals surface area contributed by atoms with Crippen LogP contribution in [-0.2, 0) is 0 Å². The highest BCUT2D eigenvalue weighted by Gasteiger charge is 2.01. The number of aldehydes is 1. The zero-order valence-electron chi connectivity index (χ0n) is 9.44. The van der Waals surface area contributed by atoms with Crippen molar-refractivity contribution in [1.82, 2.24) is 0 Å². The molecule has 18 heavy (non-hydrogen) atoms. The van der Waals surface area contributed by atoms with Gasteiger partial charge in [-0.2, -0.15) is 0 Å². The zero-order valence-corrected chi connectivity index (χ0v) is 10.9. The summed E-state index contributed by atoms with van der Waals surface area (Å²) in [7, 11) is 0. The van der Waals surface area contributed by atoms with Crippen LogP contribution in [0.15, 0.2) is 42.5 Å². The lowest BCUT2D eigenvalue weighted by molar-refractivity contribution is 0.112. The molecule has 0 N–H and O–H groups in total. The first-order valence-corrected chi connectivity index (χ1v) is 6.13. The topological polar surface area (TPSA) is 17.1 Å². The van der Waals surface area contributed by atoms with E-state index in [-0.39, 0.29) is 0 Å². The van der Waals surface area contributed by atoms with Crippen molar-refractivity contribution in [3.05, 3.63) is 69.2 Å². The molecule has 0 radical (unpaired) electrons. The van der Waals surface area contributed by atoms with Crippen LogP contribution in [-0.4, -0.2) is 6.29 Å². The normalized spacial score (nSPS) is 10.8. The number of hydrogen-bond acceptors (Lipinski definition) is 1. The van der Waals surface area contributed by atoms with E-state index in [0.717, 1.165) is 17.4 Å². The molecule has 2 aromatic carbocycles. The maximum atomic E-state index is 10.7. The molecule has 3 heteroatoms. The SMILES string of the molecule is O=Cc1cccc(C=Cc2c(Cl)cccc2Cl)c1. The second-order valence-electron chi connectivity index (χ2n) is 3.76. The molecule has 0 aliphatic rings. The molecule has 1 nitrogen and oxygen atoms in total. The van der Waals surface area contributed by atoms with Crippen LogP contribution in [0.25, 0.3) is 12.2 Å². The van der Waals surface area contributed by atoms with E-state index in [2.05, 4.69) is 0 Å². The van der Waals surface area contributed by atoms with Crippen LogP contribution in [0.1, 0.15) is 21.5 Å². The fraction of sp³-hybridized carbons (Fsp3) is 0. The number of halogens is 2. The standard InChI is InChI=1S/C15H10Cl2O/c16-14-5-2-6-15(17)13(14)8-7-11-3-1-4-12(9-11)10-18/h1-10H. The quantitative estimate of drug-likeness (QED) is 0.571. The summed E-state index contributed by atoms with van der Waals surface area (Å²) >= 11 is 12.1. The van der Waals surface area contributed by atoms with Crippen LogP contribution >= 0.6 is 23.2 Å². The molecule has 0 aromatic heterocycles. The largest absolute Gasteiger partial charge is 0.298 e. The summed E-state index contributed by atoms with van der Waals surface area (Å²) in [5, 5.41) is 1.20. The number of carbonyl (C=O) groups is 1. The molecular formula is C15H10Cl2O. The van der Waals surface area contributed by atoms with Crippen molar-refractivity contribution in [1.29, 1.82) is 0 Å². The van der Waals surface area contributed by atoms with Gasteiger partial charge in [-0.3, -0.25) is 4.79 Å². The Hall–Kier alpha value is -1.57. The molecule has 0 heterocycles. The van der Waals surface area contributed by atoms with Crippen LogP contribution < -0.4 is 0 Å². The molecule has 0 bridgehead atoms. The Labute approximate surface area is 116 Å². The van der Waals surface area contributed by atoms with Gasteiger partial charge in [0.05, 0.1) is 0 Å². The average Bonchev–Trinajstić information content (AvgIpc) is 2.38. The number of rotatable bonds is 3. The Balaban J connectivity index is 2.32. The van der Waals surface area contributed by atoms with Gasteiger partial charge in [-0.1, -0.05) is 59.6 Å². The molecule has 90 valence electrons. The molecule has 2 rings (SSSR count). The van der Waals surface area contributed by atoms with E-state index in [9.17, 15) is 4.79 Å². The average molecular weight is 277 g/mol. The predicted molar refractivity (Wildman–Crippen MR) is 77.2 cm³/mol. The van der Waals surface area contributed by atoms with E-state index < -0.39 is 0 Å². The summed E-state index contributed by atoms with van der Waals surface area (Å²) in [5.41, 5.74) is 2.34. The van der Waals surface area contributed by atoms with E-state index in [1.165, 1.54) is 0 Å². The third-order valence-corrected chi connectivity index (χ3v) is 3.15. The van der Waals surface area contributed by atoms with Crippen molar-refractivity contribution in [2.24, 2.45) is 0 Å². The molecule has 0 spiro atoms. The first-order chi connectivity index (χ1) is 8.70. The van der Waals surface area contributed by atoms with Crippen LogP contribution in [0.5, 0.6) is 0 Å². The molecule has 0 unspecified atom stereocenters. The predicted octanol–water partition coefficient (Wildman–Crippen LogP) is 4.98. The second kappa shape index (κ2) is 5.85. The van der Waals surface area contributed by atoms with Crippen molar-refractivity contribution >= 4 is 41.6 Å². The summed E-state index contributed by atoms with van der Waals surface area (Å²) in [5.74, 6) is 0. The summed E-state index contributed by atoms with van der Waals surface area (Å²) in [4.78, 5) is 10.7. The molecule has 0 aliphatic heterocycles. The fourth-order valence-electron chi connectivity index (χ4n) is 1.59. The van der Waals surface area contributed by atoms with Crippen LogP contribution in [0.3, 0.4) is 0 Å². The molecule has 2 aromatic rings. The Morgan fingerprint density at radius 1 is 0.833 bits per heavy atom. The molecule has 0 saturated carbocycles. The van der Waals surface area contributed by atoms with Gasteiger partial charge in [0.15, 0.2) is 0 Å². The highest BCUT2D eigenvalue weighted by Crippen LogP contribution is 2.26. The highest BCUT2D eigenvalue weighted by atomic mass is 35.5. The van der Waals surface area contributed by atoms with Crippen molar-refractivity contribution < 1.29 is 4.79 Å². The maximum absolute atomic E-state index is 10.7. The van der Waals surface area contributed by atoms with Gasteiger partial charge in [-0.15, -0.1) is 0 Å². The summed E-state index contributed by atoms with van der Waals surface area (Å²) in [6, 6.07) is 12.7. The first-order valence-electron chi connectivity index (χ1n) is 5.38. The highest BCUT2D eigenvalue weighted by molar-refractivity contribution is 6.37. The molecule has 0 saturated heterocycles. The smallest absolute Gasteiger partial charge is 0.150 e. The molecule has 0 fully saturated rings. The van der Waals surface area contributed by atoms with Crippen molar-refractivity contribution in [3.63, 3.8) is 0 Å². The lowest BCUT2D eigenvalue weighted by atomic mass is 10.1. The zero-order chi connectivity index (χ0) is 13.0. The minimum Gasteiger partial charge on any atom is -0.298 e. The minimum absolute atomic E-state index is 0.602. The molecule has 0 amide bonds. The number of carbonyl (C=O) groups excluding carboxylic acids is 1. The summed E-state index contributed by atoms with van der Waals surface area (Å²) in [6.07, 6.45) is 4.54. The lowest BCUT2D eigenvalue weighted by Gasteiger charge is -2.01. The van der Waals surface area contributed by atoms with Gasteiger partial charge in [0, 0.05) is 21.2 Å². The Bertz CT molecular complexity index is 583. The van der Waals surface area contributed by atoms with Gasteiger partial charge >= 0.3 is 0 Å². The molecule has 0 aliphatic carbocycles. The van der Waals surface area contributed by atoms with Gasteiger partial charge in [-0.25, -0.2) is 0 Å². The Morgan fingerprint density at radius 3 is 2.11 bits per heavy atom. The lowest BCUT2D eigenvalue weighted by Crippen LogP contribution is -1.81. The molecule has 0 atom stereocenters. The van der Waals surface area contributed by atoms with Gasteiger partial charge < -0.3 is 0 Å². The van der Waals surface area contributed by atoms with Crippen molar-refractivity contribution in [2.45, 2.75) is 0 Å². The van der Waals surface area contributed by atoms with E-state index in [4.69, 9.17) is 23.2 Å². The summed E-state index contributed by atoms with van der Waals surface area (Å²) in [6.45, 7) is 0. The monoisotopic (exact) mass is 276 g/mol. The first kappa shape index (κ1) is 12.9. The van der Waals surface area contributed by atoms with Crippen molar-refractivity contribution in [2.75, 3.05) is 0 Å². The minimum atomic E-state index is 0.602. The van der Waals surface area contributed by atoms with Gasteiger partial charge in [-0.05, 0) is 23.8 Å². The van der Waals surface area contributed by atoms with Gasteiger partial charge in [0.25, 0.3) is 0 Å². The van der Waals surface area contributed by atoms with Crippen molar-refractivity contribution in [3.8, 4) is 0 Å². The van der Waals surface area contributed by atoms with E-state index in [1.807, 2.05) is 24.3 Å². The molecular weight excluding hydrogens is 267 g/mol. The van der Waals surface area contributed by atoms with Gasteiger partial charge in [0.2, 0.25) is 0 Å². The maximum Gasteiger partial charge on any atom is 0.150 e. The Kier molecular flexibility index (Phi) is 4.19. The van der Waals surface area contributed by atoms with Crippen LogP contribution in [0, 0.1) is 0 Å². The van der Waals surface area contributed by atoms with E-state index >= 15 is 0 Å². The Morgan fingerprint density at radius 2 is 1.44 bits per heavy atom. The van der Waals surface area contributed by atoms with E-state index in [1.54, 1.807) is 30.3 Å².